The average Bonchev–Trinajstić information content (AvgIpc) is 2.78. The molecule has 1 heterocycles. The molecular formula is C13H16N2O4S. The Hall–Kier alpha value is -1.57. The highest BCUT2D eigenvalue weighted by Gasteiger charge is 2.19. The predicted octanol–water partition coefficient (Wildman–Crippen LogP) is 1.47. The van der Waals surface area contributed by atoms with Crippen molar-refractivity contribution >= 4 is 33.7 Å². The number of hydrogen-bond acceptors (Lipinski definition) is 7. The molecule has 0 spiro atoms. The number of benzene rings is 1. The molecule has 108 valence electrons. The van der Waals surface area contributed by atoms with Gasteiger partial charge in [-0.1, -0.05) is 23.0 Å². The molecule has 0 amide bonds. The summed E-state index contributed by atoms with van der Waals surface area (Å²) in [6.07, 6.45) is -1.66. The maximum Gasteiger partial charge on any atom is 0.185 e. The summed E-state index contributed by atoms with van der Waals surface area (Å²) in [4.78, 5) is 10.8. The molecule has 6 nitrogen and oxygen atoms in total. The Morgan fingerprint density at radius 1 is 1.50 bits per heavy atom. The monoisotopic (exact) mass is 296 g/mol. The standard InChI is InChI=1S/C13H16N2O4S/c1-7(16)20-5-4-10(17)12(18)8-2-3-11-9(6-8)13(14)15-19-11/h2-3,6,10,12,17-18H,4-5H2,1H3,(H2,14,15). The van der Waals surface area contributed by atoms with Gasteiger partial charge in [-0.3, -0.25) is 4.79 Å². The second-order valence-corrected chi connectivity index (χ2v) is 5.74. The second kappa shape index (κ2) is 6.25. The van der Waals surface area contributed by atoms with Crippen molar-refractivity contribution in [2.24, 2.45) is 0 Å². The molecule has 2 aromatic rings. The van der Waals surface area contributed by atoms with Crippen molar-refractivity contribution in [3.63, 3.8) is 0 Å². The van der Waals surface area contributed by atoms with E-state index in [2.05, 4.69) is 5.16 Å². The first kappa shape index (κ1) is 14.8. The van der Waals surface area contributed by atoms with Crippen LogP contribution in [-0.2, 0) is 4.79 Å². The lowest BCUT2D eigenvalue weighted by atomic mass is 10.0. The minimum Gasteiger partial charge on any atom is -0.390 e. The number of aromatic nitrogens is 1. The summed E-state index contributed by atoms with van der Waals surface area (Å²) >= 11 is 1.12. The van der Waals surface area contributed by atoms with Gasteiger partial charge in [0.25, 0.3) is 0 Å². The maximum absolute atomic E-state index is 10.8. The van der Waals surface area contributed by atoms with Crippen LogP contribution in [-0.4, -0.2) is 32.3 Å². The van der Waals surface area contributed by atoms with E-state index in [1.165, 1.54) is 6.92 Å². The number of nitrogen functional groups attached to an aromatic ring is 1. The lowest BCUT2D eigenvalue weighted by Crippen LogP contribution is -2.19. The van der Waals surface area contributed by atoms with E-state index in [1.54, 1.807) is 18.2 Å². The lowest BCUT2D eigenvalue weighted by molar-refractivity contribution is -0.109. The summed E-state index contributed by atoms with van der Waals surface area (Å²) in [5.41, 5.74) is 6.71. The van der Waals surface area contributed by atoms with E-state index in [4.69, 9.17) is 10.3 Å². The Bertz CT molecular complexity index is 613. The van der Waals surface area contributed by atoms with Gasteiger partial charge in [-0.05, 0) is 24.1 Å². The quantitative estimate of drug-likeness (QED) is 0.766. The Balaban J connectivity index is 2.07. The molecule has 0 aliphatic rings. The fourth-order valence-electron chi connectivity index (χ4n) is 1.86. The highest BCUT2D eigenvalue weighted by Crippen LogP contribution is 2.27. The summed E-state index contributed by atoms with van der Waals surface area (Å²) in [6.45, 7) is 1.47. The molecule has 0 aliphatic heterocycles. The van der Waals surface area contributed by atoms with Gasteiger partial charge in [-0.2, -0.15) is 0 Å². The zero-order valence-electron chi connectivity index (χ0n) is 10.9. The van der Waals surface area contributed by atoms with Gasteiger partial charge in [0, 0.05) is 12.7 Å². The molecule has 0 saturated heterocycles. The Kier molecular flexibility index (Phi) is 4.64. The molecule has 0 fully saturated rings. The Morgan fingerprint density at radius 3 is 2.95 bits per heavy atom. The molecule has 0 bridgehead atoms. The van der Waals surface area contributed by atoms with Crippen LogP contribution in [0.1, 0.15) is 25.0 Å². The topological polar surface area (TPSA) is 110 Å². The molecule has 7 heteroatoms. The zero-order chi connectivity index (χ0) is 14.7. The first-order valence-electron chi connectivity index (χ1n) is 6.13. The Morgan fingerprint density at radius 2 is 2.25 bits per heavy atom. The molecule has 20 heavy (non-hydrogen) atoms. The minimum atomic E-state index is -1.04. The zero-order valence-corrected chi connectivity index (χ0v) is 11.8. The molecule has 4 N–H and O–H groups in total. The largest absolute Gasteiger partial charge is 0.390 e. The predicted molar refractivity (Wildman–Crippen MR) is 77.1 cm³/mol. The molecule has 2 rings (SSSR count). The maximum atomic E-state index is 10.8. The van der Waals surface area contributed by atoms with E-state index in [0.29, 0.717) is 28.7 Å². The van der Waals surface area contributed by atoms with Gasteiger partial charge in [0.05, 0.1) is 11.5 Å². The molecule has 1 aromatic carbocycles. The van der Waals surface area contributed by atoms with Crippen molar-refractivity contribution in [1.29, 1.82) is 0 Å². The number of anilines is 1. The summed E-state index contributed by atoms with van der Waals surface area (Å²) in [6, 6.07) is 4.94. The molecule has 1 aromatic heterocycles. The number of nitrogens with zero attached hydrogens (tertiary/aromatic N) is 1. The molecule has 0 radical (unpaired) electrons. The molecule has 0 aliphatic carbocycles. The normalized spacial score (nSPS) is 14.3. The van der Waals surface area contributed by atoms with Crippen LogP contribution in [0.3, 0.4) is 0 Å². The number of rotatable bonds is 5. The minimum absolute atomic E-state index is 0.00893. The third kappa shape index (κ3) is 3.30. The van der Waals surface area contributed by atoms with Crippen LogP contribution in [0.25, 0.3) is 11.0 Å². The van der Waals surface area contributed by atoms with E-state index in [9.17, 15) is 15.0 Å². The summed E-state index contributed by atoms with van der Waals surface area (Å²) in [7, 11) is 0. The van der Waals surface area contributed by atoms with Gasteiger partial charge in [0.15, 0.2) is 16.5 Å². The van der Waals surface area contributed by atoms with Crippen molar-refractivity contribution in [2.45, 2.75) is 25.6 Å². The number of carbonyl (C=O) groups is 1. The fourth-order valence-corrected chi connectivity index (χ4v) is 2.51. The van der Waals surface area contributed by atoms with E-state index in [-0.39, 0.29) is 10.9 Å². The van der Waals surface area contributed by atoms with Gasteiger partial charge in [0.2, 0.25) is 0 Å². The molecular weight excluding hydrogens is 280 g/mol. The molecule has 2 atom stereocenters. The number of fused-ring (bicyclic) bond motifs is 1. The molecule has 0 saturated carbocycles. The third-order valence-electron chi connectivity index (χ3n) is 2.95. The smallest absolute Gasteiger partial charge is 0.185 e. The number of carbonyl (C=O) groups excluding carboxylic acids is 1. The van der Waals surface area contributed by atoms with Gasteiger partial charge in [0.1, 0.15) is 6.10 Å². The van der Waals surface area contributed by atoms with Crippen LogP contribution >= 0.6 is 11.8 Å². The number of thioether (sulfide) groups is 1. The van der Waals surface area contributed by atoms with Crippen molar-refractivity contribution in [3.8, 4) is 0 Å². The second-order valence-electron chi connectivity index (χ2n) is 4.46. The number of aliphatic hydroxyl groups is 2. The van der Waals surface area contributed by atoms with E-state index in [0.717, 1.165) is 11.8 Å². The van der Waals surface area contributed by atoms with Gasteiger partial charge < -0.3 is 20.5 Å². The van der Waals surface area contributed by atoms with Crippen LogP contribution in [0.5, 0.6) is 0 Å². The van der Waals surface area contributed by atoms with E-state index < -0.39 is 12.2 Å². The number of nitrogens with two attached hydrogens (primary N) is 1. The van der Waals surface area contributed by atoms with E-state index >= 15 is 0 Å². The highest BCUT2D eigenvalue weighted by molar-refractivity contribution is 8.13. The van der Waals surface area contributed by atoms with Crippen LogP contribution in [0.2, 0.25) is 0 Å². The van der Waals surface area contributed by atoms with Crippen molar-refractivity contribution in [3.05, 3.63) is 23.8 Å². The number of aliphatic hydroxyl groups excluding tert-OH is 2. The summed E-state index contributed by atoms with van der Waals surface area (Å²) in [5.74, 6) is 0.709. The SMILES string of the molecule is CC(=O)SCCC(O)C(O)c1ccc2onc(N)c2c1. The van der Waals surface area contributed by atoms with Crippen molar-refractivity contribution in [1.82, 2.24) is 5.16 Å². The average molecular weight is 296 g/mol. The first-order chi connectivity index (χ1) is 9.49. The Labute approximate surface area is 119 Å². The first-order valence-corrected chi connectivity index (χ1v) is 7.12. The third-order valence-corrected chi connectivity index (χ3v) is 3.79. The van der Waals surface area contributed by atoms with Crippen LogP contribution in [0.4, 0.5) is 5.82 Å². The summed E-state index contributed by atoms with van der Waals surface area (Å²) in [5, 5.41) is 24.3. The van der Waals surface area contributed by atoms with Crippen molar-refractivity contribution in [2.75, 3.05) is 11.5 Å². The fraction of sp³-hybridized carbons (Fsp3) is 0.385. The highest BCUT2D eigenvalue weighted by atomic mass is 32.2. The lowest BCUT2D eigenvalue weighted by Gasteiger charge is -2.17. The van der Waals surface area contributed by atoms with Crippen LogP contribution in [0, 0.1) is 0 Å². The number of hydrogen-bond donors (Lipinski definition) is 3. The molecule has 2 unspecified atom stereocenters. The summed E-state index contributed by atoms with van der Waals surface area (Å²) < 4.78 is 4.98. The van der Waals surface area contributed by atoms with Gasteiger partial charge in [-0.25, -0.2) is 0 Å². The van der Waals surface area contributed by atoms with Gasteiger partial charge in [-0.15, -0.1) is 0 Å². The van der Waals surface area contributed by atoms with Crippen LogP contribution in [0.15, 0.2) is 22.7 Å². The van der Waals surface area contributed by atoms with Crippen LogP contribution < -0.4 is 5.73 Å². The van der Waals surface area contributed by atoms with Crippen molar-refractivity contribution < 1.29 is 19.5 Å². The van der Waals surface area contributed by atoms with E-state index in [1.807, 2.05) is 0 Å². The van der Waals surface area contributed by atoms with Gasteiger partial charge >= 0.3 is 0 Å².